The van der Waals surface area contributed by atoms with Gasteiger partial charge in [0.2, 0.25) is 0 Å². The minimum atomic E-state index is -0.264. The quantitative estimate of drug-likeness (QED) is 0.194. The summed E-state index contributed by atoms with van der Waals surface area (Å²) in [5.74, 6) is 0. The number of ether oxygens (including phenoxy) is 1. The number of aryl methyl sites for hydroxylation is 2. The first kappa shape index (κ1) is 21.9. The highest BCUT2D eigenvalue weighted by molar-refractivity contribution is 7.24. The molecule has 0 aliphatic heterocycles. The van der Waals surface area contributed by atoms with Gasteiger partial charge in [-0.15, -0.1) is 0 Å². The third kappa shape index (κ3) is 6.32. The Hall–Kier alpha value is -1.40. The fourth-order valence-corrected chi connectivity index (χ4v) is 5.44. The Balaban J connectivity index is 2.21. The number of hydrogen-bond acceptors (Lipinski definition) is 5. The van der Waals surface area contributed by atoms with Gasteiger partial charge < -0.3 is 4.74 Å². The van der Waals surface area contributed by atoms with Crippen LogP contribution in [0.3, 0.4) is 0 Å². The second-order valence-corrected chi connectivity index (χ2v) is 8.99. The lowest BCUT2D eigenvalue weighted by Crippen LogP contribution is -1.88. The van der Waals surface area contributed by atoms with Gasteiger partial charge in [0.1, 0.15) is 0 Å². The Morgan fingerprint density at radius 1 is 0.926 bits per heavy atom. The molecule has 0 bridgehead atoms. The maximum absolute atomic E-state index is 11.3. The zero-order valence-corrected chi connectivity index (χ0v) is 18.3. The van der Waals surface area contributed by atoms with Crippen LogP contribution in [0.15, 0.2) is 12.1 Å². The van der Waals surface area contributed by atoms with E-state index in [2.05, 4.69) is 19.9 Å². The van der Waals surface area contributed by atoms with Crippen LogP contribution in [-0.4, -0.2) is 12.0 Å². The van der Waals surface area contributed by atoms with Gasteiger partial charge in [0.25, 0.3) is 0 Å². The van der Waals surface area contributed by atoms with Crippen molar-refractivity contribution >= 4 is 27.7 Å². The predicted molar refractivity (Wildman–Crippen MR) is 117 cm³/mol. The fraction of sp³-hybridized carbons (Fsp3) is 0.619. The molecule has 0 fully saturated rings. The SMILES string of the molecule is CCCCCCc1cc(-c2sc([N+](=O)[O-])cc2CCCCCC)sc1OC. The van der Waals surface area contributed by atoms with E-state index in [1.54, 1.807) is 24.5 Å². The van der Waals surface area contributed by atoms with Gasteiger partial charge in [-0.05, 0) is 37.3 Å². The molecule has 0 unspecified atom stereocenters. The summed E-state index contributed by atoms with van der Waals surface area (Å²) >= 11 is 2.93. The maximum Gasteiger partial charge on any atom is 0.324 e. The summed E-state index contributed by atoms with van der Waals surface area (Å²) in [7, 11) is 1.72. The molecule has 2 rings (SSSR count). The molecule has 150 valence electrons. The van der Waals surface area contributed by atoms with Crippen molar-refractivity contribution in [2.75, 3.05) is 7.11 Å². The van der Waals surface area contributed by atoms with E-state index in [0.717, 1.165) is 46.1 Å². The zero-order valence-electron chi connectivity index (χ0n) is 16.7. The molecule has 0 aliphatic carbocycles. The molecule has 27 heavy (non-hydrogen) atoms. The van der Waals surface area contributed by atoms with Gasteiger partial charge in [-0.2, -0.15) is 0 Å². The van der Waals surface area contributed by atoms with Crippen LogP contribution in [-0.2, 0) is 12.8 Å². The van der Waals surface area contributed by atoms with E-state index in [9.17, 15) is 10.1 Å². The van der Waals surface area contributed by atoms with Gasteiger partial charge in [0.15, 0.2) is 5.06 Å². The molecular weight excluding hydrogens is 378 g/mol. The third-order valence-electron chi connectivity index (χ3n) is 4.75. The molecule has 2 aromatic heterocycles. The molecule has 0 radical (unpaired) electrons. The van der Waals surface area contributed by atoms with E-state index in [0.29, 0.717) is 0 Å². The highest BCUT2D eigenvalue weighted by Crippen LogP contribution is 2.45. The van der Waals surface area contributed by atoms with E-state index < -0.39 is 0 Å². The van der Waals surface area contributed by atoms with Gasteiger partial charge in [0, 0.05) is 16.5 Å². The first-order valence-electron chi connectivity index (χ1n) is 10.0. The molecule has 0 saturated heterocycles. The van der Waals surface area contributed by atoms with E-state index in [1.807, 2.05) is 0 Å². The average Bonchev–Trinajstić information content (AvgIpc) is 3.26. The monoisotopic (exact) mass is 409 g/mol. The molecule has 0 N–H and O–H groups in total. The Morgan fingerprint density at radius 3 is 2.11 bits per heavy atom. The number of rotatable bonds is 13. The van der Waals surface area contributed by atoms with E-state index in [-0.39, 0.29) is 9.92 Å². The van der Waals surface area contributed by atoms with Crippen LogP contribution in [0.2, 0.25) is 0 Å². The lowest BCUT2D eigenvalue weighted by molar-refractivity contribution is -0.380. The van der Waals surface area contributed by atoms with Crippen molar-refractivity contribution in [2.24, 2.45) is 0 Å². The molecule has 6 heteroatoms. The van der Waals surface area contributed by atoms with Crippen LogP contribution in [0.4, 0.5) is 5.00 Å². The summed E-state index contributed by atoms with van der Waals surface area (Å²) in [6, 6.07) is 3.97. The first-order valence-corrected chi connectivity index (χ1v) is 11.7. The average molecular weight is 410 g/mol. The van der Waals surface area contributed by atoms with Gasteiger partial charge in [-0.3, -0.25) is 10.1 Å². The molecule has 0 atom stereocenters. The van der Waals surface area contributed by atoms with Crippen molar-refractivity contribution in [1.82, 2.24) is 0 Å². The largest absolute Gasteiger partial charge is 0.487 e. The summed E-state index contributed by atoms with van der Waals surface area (Å²) in [5, 5.41) is 12.5. The van der Waals surface area contributed by atoms with Crippen molar-refractivity contribution < 1.29 is 9.66 Å². The second kappa shape index (κ2) is 11.4. The molecule has 0 amide bonds. The molecule has 2 aromatic rings. The van der Waals surface area contributed by atoms with E-state index in [4.69, 9.17) is 4.74 Å². The number of unbranched alkanes of at least 4 members (excludes halogenated alkanes) is 6. The van der Waals surface area contributed by atoms with Crippen LogP contribution in [0, 0.1) is 10.1 Å². The Kier molecular flexibility index (Phi) is 9.28. The first-order chi connectivity index (χ1) is 13.1. The summed E-state index contributed by atoms with van der Waals surface area (Å²) in [4.78, 5) is 13.2. The highest BCUT2D eigenvalue weighted by atomic mass is 32.1. The predicted octanol–water partition coefficient (Wildman–Crippen LogP) is 7.64. The zero-order chi connectivity index (χ0) is 19.6. The molecule has 0 spiro atoms. The normalized spacial score (nSPS) is 11.1. The minimum Gasteiger partial charge on any atom is -0.487 e. The van der Waals surface area contributed by atoms with Gasteiger partial charge in [0.05, 0.1) is 16.9 Å². The third-order valence-corrected chi connectivity index (χ3v) is 7.20. The Bertz CT molecular complexity index is 721. The Labute approximate surface area is 170 Å². The topological polar surface area (TPSA) is 52.4 Å². The number of hydrogen-bond donors (Lipinski definition) is 0. The van der Waals surface area contributed by atoms with Gasteiger partial charge in [-0.1, -0.05) is 75.0 Å². The van der Waals surface area contributed by atoms with Gasteiger partial charge >= 0.3 is 5.00 Å². The van der Waals surface area contributed by atoms with E-state index >= 15 is 0 Å². The lowest BCUT2D eigenvalue weighted by atomic mass is 10.1. The Morgan fingerprint density at radius 2 is 1.56 bits per heavy atom. The van der Waals surface area contributed by atoms with E-state index in [1.165, 1.54) is 55.4 Å². The van der Waals surface area contributed by atoms with Crippen molar-refractivity contribution in [3.63, 3.8) is 0 Å². The number of thiophene rings is 2. The molecule has 2 heterocycles. The molecule has 0 aliphatic rings. The molecular formula is C21H31NO3S2. The summed E-state index contributed by atoms with van der Waals surface area (Å²) < 4.78 is 5.60. The van der Waals surface area contributed by atoms with Crippen molar-refractivity contribution in [2.45, 2.75) is 78.1 Å². The van der Waals surface area contributed by atoms with Crippen LogP contribution in [0.1, 0.15) is 76.3 Å². The maximum atomic E-state index is 11.3. The summed E-state index contributed by atoms with van der Waals surface area (Å²) in [5.41, 5.74) is 2.35. The summed E-state index contributed by atoms with van der Waals surface area (Å²) in [6.07, 6.45) is 11.5. The highest BCUT2D eigenvalue weighted by Gasteiger charge is 2.21. The lowest BCUT2D eigenvalue weighted by Gasteiger charge is -2.01. The standard InChI is InChI=1S/C21H31NO3S2/c1-4-6-8-10-12-16-15-19(22(23)24)27-20(16)18-14-17(21(25-3)26-18)13-11-9-7-5-2/h14-15H,4-13H2,1-3H3. The van der Waals surface area contributed by atoms with Crippen molar-refractivity contribution in [1.29, 1.82) is 0 Å². The number of methoxy groups -OCH3 is 1. The van der Waals surface area contributed by atoms with Gasteiger partial charge in [-0.25, -0.2) is 0 Å². The van der Waals surface area contributed by atoms with Crippen LogP contribution >= 0.6 is 22.7 Å². The van der Waals surface area contributed by atoms with Crippen LogP contribution in [0.25, 0.3) is 9.75 Å². The van der Waals surface area contributed by atoms with Crippen molar-refractivity contribution in [3.05, 3.63) is 33.4 Å². The summed E-state index contributed by atoms with van der Waals surface area (Å²) in [6.45, 7) is 4.41. The smallest absolute Gasteiger partial charge is 0.324 e. The molecule has 4 nitrogen and oxygen atoms in total. The number of nitro groups is 1. The number of nitrogens with zero attached hydrogens (tertiary/aromatic N) is 1. The second-order valence-electron chi connectivity index (χ2n) is 6.94. The fourth-order valence-electron chi connectivity index (χ4n) is 3.25. The minimum absolute atomic E-state index is 0.243. The molecule has 0 aromatic carbocycles. The van der Waals surface area contributed by atoms with Crippen molar-refractivity contribution in [3.8, 4) is 14.8 Å². The van der Waals surface area contributed by atoms with Crippen LogP contribution < -0.4 is 4.74 Å². The molecule has 0 saturated carbocycles. The van der Waals surface area contributed by atoms with Crippen LogP contribution in [0.5, 0.6) is 5.06 Å².